The van der Waals surface area contributed by atoms with E-state index in [1.54, 1.807) is 0 Å². The van der Waals surface area contributed by atoms with Crippen LogP contribution in [0, 0.1) is 0 Å². The van der Waals surface area contributed by atoms with Crippen LogP contribution in [0.5, 0.6) is 0 Å². The first-order chi connectivity index (χ1) is 8.84. The van der Waals surface area contributed by atoms with Gasteiger partial charge in [0.25, 0.3) is 0 Å². The van der Waals surface area contributed by atoms with Crippen LogP contribution in [0.4, 0.5) is 0 Å². The zero-order chi connectivity index (χ0) is 12.4. The van der Waals surface area contributed by atoms with Gasteiger partial charge in [-0.25, -0.2) is 0 Å². The number of benzene rings is 1. The van der Waals surface area contributed by atoms with E-state index in [1.165, 1.54) is 16.0 Å². The molecule has 0 aliphatic carbocycles. The molecule has 2 heterocycles. The van der Waals surface area contributed by atoms with Gasteiger partial charge in [-0.3, -0.25) is 4.90 Å². The van der Waals surface area contributed by atoms with E-state index in [9.17, 15) is 0 Å². The first-order valence-electron chi connectivity index (χ1n) is 6.71. The Labute approximate surface area is 108 Å². The Bertz CT molecular complexity index is 532. The van der Waals surface area contributed by atoms with E-state index < -0.39 is 0 Å². The third-order valence-electron chi connectivity index (χ3n) is 3.90. The summed E-state index contributed by atoms with van der Waals surface area (Å²) in [5.41, 5.74) is 1.40. The van der Waals surface area contributed by atoms with Gasteiger partial charge in [0.2, 0.25) is 0 Å². The molecule has 3 rings (SSSR count). The molecule has 0 unspecified atom stereocenters. The molecule has 0 radical (unpaired) electrons. The molecule has 2 aliphatic rings. The Balaban J connectivity index is 1.88. The molecule has 1 fully saturated rings. The number of rotatable bonds is 2. The van der Waals surface area contributed by atoms with Gasteiger partial charge in [-0.2, -0.15) is 0 Å². The predicted octanol–water partition coefficient (Wildman–Crippen LogP) is 0.202. The Kier molecular flexibility index (Phi) is 3.35. The fourth-order valence-corrected chi connectivity index (χ4v) is 2.69. The molecule has 1 aromatic carbocycles. The number of hydrogen-bond acceptors (Lipinski definition) is 3. The van der Waals surface area contributed by atoms with Crippen molar-refractivity contribution in [2.45, 2.75) is 13.0 Å². The normalized spacial score (nSPS) is 21.2. The van der Waals surface area contributed by atoms with Crippen molar-refractivity contribution in [1.82, 2.24) is 10.2 Å². The number of piperazine rings is 1. The summed E-state index contributed by atoms with van der Waals surface area (Å²) in [4.78, 5) is 2.54. The van der Waals surface area contributed by atoms with E-state index in [0.29, 0.717) is 12.6 Å². The van der Waals surface area contributed by atoms with Crippen LogP contribution in [0.15, 0.2) is 18.2 Å². The van der Waals surface area contributed by atoms with Crippen molar-refractivity contribution in [1.29, 1.82) is 0 Å². The van der Waals surface area contributed by atoms with Gasteiger partial charge < -0.3 is 10.1 Å². The van der Waals surface area contributed by atoms with E-state index in [4.69, 9.17) is 4.74 Å². The minimum absolute atomic E-state index is 0.494. The zero-order valence-corrected chi connectivity index (χ0v) is 10.9. The van der Waals surface area contributed by atoms with E-state index in [0.717, 1.165) is 26.2 Å². The fraction of sp³-hybridized carbons (Fsp3) is 0.467. The highest BCUT2D eigenvalue weighted by Gasteiger charge is 2.17. The summed E-state index contributed by atoms with van der Waals surface area (Å²) < 4.78 is 5.31. The monoisotopic (exact) mass is 244 g/mol. The maximum absolute atomic E-state index is 5.31. The Morgan fingerprint density at radius 2 is 2.06 bits per heavy atom. The quantitative estimate of drug-likeness (QED) is 0.804. The Hall–Kier alpha value is -1.32. The van der Waals surface area contributed by atoms with Crippen molar-refractivity contribution in [2.24, 2.45) is 0 Å². The van der Waals surface area contributed by atoms with Gasteiger partial charge in [0.1, 0.15) is 6.61 Å². The Morgan fingerprint density at radius 1 is 1.22 bits per heavy atom. The molecular formula is C15H20N2O. The van der Waals surface area contributed by atoms with E-state index in [1.807, 2.05) is 6.26 Å². The van der Waals surface area contributed by atoms with Gasteiger partial charge in [0.15, 0.2) is 0 Å². The lowest BCUT2D eigenvalue weighted by Crippen LogP contribution is -2.44. The smallest absolute Gasteiger partial charge is 0.106 e. The first-order valence-corrected chi connectivity index (χ1v) is 6.71. The molecule has 3 heteroatoms. The average Bonchev–Trinajstić information content (AvgIpc) is 2.47. The van der Waals surface area contributed by atoms with Crippen LogP contribution in [0.3, 0.4) is 0 Å². The topological polar surface area (TPSA) is 24.5 Å². The fourth-order valence-electron chi connectivity index (χ4n) is 2.69. The molecule has 1 N–H and O–H groups in total. The molecule has 0 saturated carbocycles. The molecule has 18 heavy (non-hydrogen) atoms. The summed E-state index contributed by atoms with van der Waals surface area (Å²) in [5, 5.41) is 5.90. The highest BCUT2D eigenvalue weighted by Crippen LogP contribution is 2.18. The summed E-state index contributed by atoms with van der Waals surface area (Å²) in [7, 11) is 0. The van der Waals surface area contributed by atoms with Gasteiger partial charge >= 0.3 is 0 Å². The number of ether oxygens (including phenoxy) is 1. The van der Waals surface area contributed by atoms with Crippen molar-refractivity contribution in [3.05, 3.63) is 34.2 Å². The van der Waals surface area contributed by atoms with Crippen LogP contribution in [0.1, 0.15) is 18.5 Å². The largest absolute Gasteiger partial charge is 0.496 e. The molecule has 1 saturated heterocycles. The number of nitrogens with one attached hydrogen (secondary N) is 1. The maximum Gasteiger partial charge on any atom is 0.106 e. The summed E-state index contributed by atoms with van der Waals surface area (Å²) in [5.74, 6) is 0. The molecule has 0 spiro atoms. The van der Waals surface area contributed by atoms with Gasteiger partial charge in [-0.15, -0.1) is 0 Å². The van der Waals surface area contributed by atoms with Crippen LogP contribution in [-0.2, 0) is 4.74 Å². The summed E-state index contributed by atoms with van der Waals surface area (Å²) in [6.45, 7) is 7.47. The van der Waals surface area contributed by atoms with Crippen molar-refractivity contribution in [3.8, 4) is 0 Å². The number of fused-ring (bicyclic) bond motifs is 1. The van der Waals surface area contributed by atoms with Crippen molar-refractivity contribution >= 4 is 12.3 Å². The first kappa shape index (κ1) is 11.8. The molecular weight excluding hydrogens is 224 g/mol. The van der Waals surface area contributed by atoms with Crippen molar-refractivity contribution < 1.29 is 4.74 Å². The van der Waals surface area contributed by atoms with Crippen LogP contribution in [0.2, 0.25) is 0 Å². The number of hydrogen-bond donors (Lipinski definition) is 1. The molecule has 1 aromatic rings. The standard InChI is InChI=1S/C15H20N2O/c1-12(17-7-5-16-6-8-17)13-2-3-15-11-18-9-4-14(15)10-13/h2-4,10-12,16H,5-9H2,1H3/t12-/m0/s1. The molecule has 1 atom stereocenters. The zero-order valence-electron chi connectivity index (χ0n) is 10.9. The third-order valence-corrected chi connectivity index (χ3v) is 3.90. The van der Waals surface area contributed by atoms with Crippen LogP contribution in [0.25, 0.3) is 12.3 Å². The SMILES string of the molecule is C[C@@H](c1ccc2c(c1)=CCOC=2)N1CCNCC1. The van der Waals surface area contributed by atoms with E-state index in [2.05, 4.69) is 41.4 Å². The lowest BCUT2D eigenvalue weighted by Gasteiger charge is -2.33. The van der Waals surface area contributed by atoms with E-state index in [-0.39, 0.29) is 0 Å². The molecule has 0 aromatic heterocycles. The minimum Gasteiger partial charge on any atom is -0.496 e. The van der Waals surface area contributed by atoms with Gasteiger partial charge in [0, 0.05) is 37.4 Å². The number of nitrogens with zero attached hydrogens (tertiary/aromatic N) is 1. The lowest BCUT2D eigenvalue weighted by atomic mass is 10.0. The third kappa shape index (κ3) is 2.28. The lowest BCUT2D eigenvalue weighted by molar-refractivity contribution is 0.185. The predicted molar refractivity (Wildman–Crippen MR) is 73.4 cm³/mol. The summed E-state index contributed by atoms with van der Waals surface area (Å²) >= 11 is 0. The maximum atomic E-state index is 5.31. The van der Waals surface area contributed by atoms with Gasteiger partial charge in [-0.1, -0.05) is 12.1 Å². The average molecular weight is 244 g/mol. The van der Waals surface area contributed by atoms with Crippen molar-refractivity contribution in [3.63, 3.8) is 0 Å². The summed E-state index contributed by atoms with van der Waals surface area (Å²) in [6.07, 6.45) is 4.01. The molecule has 96 valence electrons. The van der Waals surface area contributed by atoms with Crippen LogP contribution in [-0.4, -0.2) is 37.7 Å². The molecule has 2 aliphatic heterocycles. The molecule has 3 nitrogen and oxygen atoms in total. The summed E-state index contributed by atoms with van der Waals surface area (Å²) in [6, 6.07) is 7.19. The Morgan fingerprint density at radius 3 is 2.89 bits per heavy atom. The molecule has 0 bridgehead atoms. The van der Waals surface area contributed by atoms with Crippen LogP contribution < -0.4 is 15.8 Å². The highest BCUT2D eigenvalue weighted by atomic mass is 16.5. The highest BCUT2D eigenvalue weighted by molar-refractivity contribution is 5.36. The second-order valence-corrected chi connectivity index (χ2v) is 5.01. The van der Waals surface area contributed by atoms with Crippen LogP contribution >= 0.6 is 0 Å². The minimum atomic E-state index is 0.494. The van der Waals surface area contributed by atoms with Gasteiger partial charge in [-0.05, 0) is 29.8 Å². The van der Waals surface area contributed by atoms with Crippen molar-refractivity contribution in [2.75, 3.05) is 32.8 Å². The second kappa shape index (κ2) is 5.12. The second-order valence-electron chi connectivity index (χ2n) is 5.01. The van der Waals surface area contributed by atoms with E-state index >= 15 is 0 Å². The molecule has 0 amide bonds. The van der Waals surface area contributed by atoms with Gasteiger partial charge in [0.05, 0.1) is 6.26 Å².